The minimum absolute atomic E-state index is 0.503. The smallest absolute Gasteiger partial charge is 0.142 e. The van der Waals surface area contributed by atoms with E-state index in [9.17, 15) is 0 Å². The molecule has 0 saturated heterocycles. The number of amidine groups is 1. The number of aryl methyl sites for hydroxylation is 1. The van der Waals surface area contributed by atoms with Gasteiger partial charge in [0, 0.05) is 29.0 Å². The van der Waals surface area contributed by atoms with E-state index in [0.29, 0.717) is 5.92 Å². The van der Waals surface area contributed by atoms with Crippen LogP contribution in [0.5, 0.6) is 0 Å². The highest BCUT2D eigenvalue weighted by Gasteiger charge is 2.34. The molecule has 138 valence electrons. The molecule has 0 aromatic heterocycles. The van der Waals surface area contributed by atoms with Gasteiger partial charge in [-0.2, -0.15) is 0 Å². The summed E-state index contributed by atoms with van der Waals surface area (Å²) in [5.74, 6) is 2.42. The summed E-state index contributed by atoms with van der Waals surface area (Å²) in [6.45, 7) is 15.4. The molecule has 0 fully saturated rings. The summed E-state index contributed by atoms with van der Waals surface area (Å²) in [4.78, 5) is 7.24. The van der Waals surface area contributed by atoms with Gasteiger partial charge in [-0.1, -0.05) is 56.9 Å². The molecule has 2 aliphatic heterocycles. The van der Waals surface area contributed by atoms with Crippen LogP contribution in [0.15, 0.2) is 88.5 Å². The summed E-state index contributed by atoms with van der Waals surface area (Å²) in [6.07, 6.45) is 7.51. The molecular weight excluding hydrogens is 330 g/mol. The van der Waals surface area contributed by atoms with Crippen LogP contribution < -0.4 is 10.2 Å². The maximum atomic E-state index is 5.04. The van der Waals surface area contributed by atoms with Crippen LogP contribution in [0.2, 0.25) is 0 Å². The molecule has 0 saturated carbocycles. The molecule has 1 aliphatic carbocycles. The lowest BCUT2D eigenvalue weighted by Crippen LogP contribution is -2.39. The molecule has 1 aromatic rings. The number of rotatable bonds is 3. The van der Waals surface area contributed by atoms with Gasteiger partial charge in [-0.15, -0.1) is 0 Å². The van der Waals surface area contributed by atoms with Crippen molar-refractivity contribution in [3.8, 4) is 0 Å². The van der Waals surface area contributed by atoms with Crippen LogP contribution in [0.25, 0.3) is 0 Å². The minimum atomic E-state index is 0.503. The predicted octanol–water partition coefficient (Wildman–Crippen LogP) is 5.75. The van der Waals surface area contributed by atoms with Gasteiger partial charge >= 0.3 is 0 Å². The van der Waals surface area contributed by atoms with Crippen molar-refractivity contribution >= 4 is 11.5 Å². The highest BCUT2D eigenvalue weighted by molar-refractivity contribution is 6.04. The number of nitrogens with zero attached hydrogens (tertiary/aromatic N) is 2. The van der Waals surface area contributed by atoms with Crippen molar-refractivity contribution in [3.63, 3.8) is 0 Å². The van der Waals surface area contributed by atoms with Gasteiger partial charge in [-0.3, -0.25) is 4.90 Å². The molecule has 0 bridgehead atoms. The number of hydrogen-bond donors (Lipinski definition) is 1. The number of nitrogens with one attached hydrogen (secondary N) is 1. The Kier molecular flexibility index (Phi) is 4.39. The van der Waals surface area contributed by atoms with E-state index in [-0.39, 0.29) is 0 Å². The van der Waals surface area contributed by atoms with Crippen molar-refractivity contribution in [2.75, 3.05) is 4.90 Å². The summed E-state index contributed by atoms with van der Waals surface area (Å²) in [5, 5.41) is 3.54. The molecule has 2 heterocycles. The Morgan fingerprint density at radius 3 is 2.52 bits per heavy atom. The molecule has 3 heteroatoms. The maximum Gasteiger partial charge on any atom is 0.142 e. The number of aliphatic imine (C=N–C) groups is 1. The van der Waals surface area contributed by atoms with E-state index in [1.165, 1.54) is 11.1 Å². The third-order valence-electron chi connectivity index (χ3n) is 5.21. The molecule has 4 rings (SSSR count). The second-order valence-corrected chi connectivity index (χ2v) is 7.88. The fraction of sp³-hybridized carbons (Fsp3) is 0.292. The topological polar surface area (TPSA) is 27.6 Å². The Hall–Kier alpha value is -2.81. The van der Waals surface area contributed by atoms with Gasteiger partial charge < -0.3 is 5.32 Å². The van der Waals surface area contributed by atoms with Gasteiger partial charge in [0.15, 0.2) is 0 Å². The Morgan fingerprint density at radius 2 is 1.81 bits per heavy atom. The Balaban J connectivity index is 1.83. The standard InChI is InChI=1S/C24H27N3/c1-15(2)14-22-26-24-23(17(4)20-8-6-7-9-21(20)25-24)18(5)27(22)19-12-10-16(3)11-13-19/h8-13,15,25H,4-7,14H2,1-3H3. The van der Waals surface area contributed by atoms with Gasteiger partial charge in [0.05, 0.1) is 5.70 Å². The average Bonchev–Trinajstić information content (AvgIpc) is 2.62. The van der Waals surface area contributed by atoms with E-state index < -0.39 is 0 Å². The van der Waals surface area contributed by atoms with Gasteiger partial charge in [0.25, 0.3) is 0 Å². The van der Waals surface area contributed by atoms with Crippen LogP contribution in [0.1, 0.15) is 38.7 Å². The summed E-state index contributed by atoms with van der Waals surface area (Å²) in [6, 6.07) is 8.56. The van der Waals surface area contributed by atoms with Crippen LogP contribution in [0, 0.1) is 12.8 Å². The van der Waals surface area contributed by atoms with E-state index in [2.05, 4.69) is 80.6 Å². The van der Waals surface area contributed by atoms with E-state index in [4.69, 9.17) is 4.99 Å². The van der Waals surface area contributed by atoms with Gasteiger partial charge in [-0.05, 0) is 43.4 Å². The predicted molar refractivity (Wildman–Crippen MR) is 114 cm³/mol. The Morgan fingerprint density at radius 1 is 1.11 bits per heavy atom. The first-order chi connectivity index (χ1) is 13.0. The fourth-order valence-electron chi connectivity index (χ4n) is 3.89. The Labute approximate surface area is 162 Å². The van der Waals surface area contributed by atoms with Crippen LogP contribution >= 0.6 is 0 Å². The molecule has 1 aromatic carbocycles. The van der Waals surface area contributed by atoms with Crippen LogP contribution in [-0.4, -0.2) is 5.84 Å². The highest BCUT2D eigenvalue weighted by Crippen LogP contribution is 2.41. The largest absolute Gasteiger partial charge is 0.339 e. The van der Waals surface area contributed by atoms with E-state index in [0.717, 1.165) is 59.1 Å². The number of hydrogen-bond acceptors (Lipinski definition) is 3. The second-order valence-electron chi connectivity index (χ2n) is 7.88. The second kappa shape index (κ2) is 6.73. The quantitative estimate of drug-likeness (QED) is 0.746. The van der Waals surface area contributed by atoms with Gasteiger partial charge in [0.1, 0.15) is 11.7 Å². The zero-order chi connectivity index (χ0) is 19.1. The molecular formula is C24H27N3. The zero-order valence-corrected chi connectivity index (χ0v) is 16.5. The van der Waals surface area contributed by atoms with E-state index in [1.807, 2.05) is 0 Å². The first kappa shape index (κ1) is 17.6. The van der Waals surface area contributed by atoms with Crippen LogP contribution in [0.4, 0.5) is 5.69 Å². The lowest BCUT2D eigenvalue weighted by Gasteiger charge is -2.39. The lowest BCUT2D eigenvalue weighted by atomic mass is 9.86. The van der Waals surface area contributed by atoms with Gasteiger partial charge in [0.2, 0.25) is 0 Å². The molecule has 0 atom stereocenters. The van der Waals surface area contributed by atoms with Crippen molar-refractivity contribution < 1.29 is 0 Å². The van der Waals surface area contributed by atoms with Crippen molar-refractivity contribution in [1.29, 1.82) is 0 Å². The van der Waals surface area contributed by atoms with Crippen molar-refractivity contribution in [2.24, 2.45) is 10.9 Å². The summed E-state index contributed by atoms with van der Waals surface area (Å²) in [7, 11) is 0. The number of benzene rings is 1. The van der Waals surface area contributed by atoms with E-state index in [1.54, 1.807) is 0 Å². The lowest BCUT2D eigenvalue weighted by molar-refractivity contribution is 0.674. The van der Waals surface area contributed by atoms with Crippen molar-refractivity contribution in [1.82, 2.24) is 5.32 Å². The molecule has 27 heavy (non-hydrogen) atoms. The van der Waals surface area contributed by atoms with Crippen molar-refractivity contribution in [2.45, 2.75) is 40.0 Å². The first-order valence-corrected chi connectivity index (χ1v) is 9.71. The summed E-state index contributed by atoms with van der Waals surface area (Å²) in [5.41, 5.74) is 7.65. The third-order valence-corrected chi connectivity index (χ3v) is 5.21. The van der Waals surface area contributed by atoms with E-state index >= 15 is 0 Å². The fourth-order valence-corrected chi connectivity index (χ4v) is 3.89. The molecule has 0 spiro atoms. The monoisotopic (exact) mass is 357 g/mol. The van der Waals surface area contributed by atoms with Crippen molar-refractivity contribution in [3.05, 3.63) is 89.1 Å². The normalized spacial score (nSPS) is 19.3. The third kappa shape index (κ3) is 3.08. The SMILES string of the molecule is C=C1C2=CCCC=C2NC2=C1C(=C)N(c1ccc(C)cc1)C(CC(C)C)=N2. The average molecular weight is 358 g/mol. The minimum Gasteiger partial charge on any atom is -0.339 e. The molecule has 0 unspecified atom stereocenters. The van der Waals surface area contributed by atoms with Crippen LogP contribution in [0.3, 0.4) is 0 Å². The Bertz CT molecular complexity index is 936. The van der Waals surface area contributed by atoms with Gasteiger partial charge in [-0.25, -0.2) is 4.99 Å². The molecule has 0 radical (unpaired) electrons. The first-order valence-electron chi connectivity index (χ1n) is 9.71. The number of fused-ring (bicyclic) bond motifs is 1. The zero-order valence-electron chi connectivity index (χ0n) is 16.5. The maximum absolute atomic E-state index is 5.04. The van der Waals surface area contributed by atoms with Crippen LogP contribution in [-0.2, 0) is 0 Å². The summed E-state index contributed by atoms with van der Waals surface area (Å²) >= 11 is 0. The summed E-state index contributed by atoms with van der Waals surface area (Å²) < 4.78 is 0. The molecule has 1 N–H and O–H groups in total. The molecule has 3 aliphatic rings. The molecule has 0 amide bonds. The number of anilines is 1. The highest BCUT2D eigenvalue weighted by atomic mass is 15.3. The number of allylic oxidation sites excluding steroid dienone is 4. The molecule has 3 nitrogen and oxygen atoms in total.